The SMILES string of the molecule is Fc1cc(-c2cccc3ncc(-c4c[nH]nc4C4CCNCC4)nc23)cc(F)c1CN1CCOCC1. The van der Waals surface area contributed by atoms with E-state index in [1.54, 1.807) is 6.20 Å². The van der Waals surface area contributed by atoms with Crippen molar-refractivity contribution < 1.29 is 13.5 Å². The van der Waals surface area contributed by atoms with Gasteiger partial charge in [0.1, 0.15) is 11.6 Å². The van der Waals surface area contributed by atoms with Crippen LogP contribution in [0.25, 0.3) is 33.4 Å². The highest BCUT2D eigenvalue weighted by Gasteiger charge is 2.23. The molecule has 0 bridgehead atoms. The molecule has 0 atom stereocenters. The van der Waals surface area contributed by atoms with Gasteiger partial charge in [-0.25, -0.2) is 13.8 Å². The molecule has 4 aromatic rings. The monoisotopic (exact) mass is 490 g/mol. The molecule has 2 aliphatic rings. The zero-order valence-electron chi connectivity index (χ0n) is 19.9. The van der Waals surface area contributed by atoms with Crippen molar-refractivity contribution in [2.75, 3.05) is 39.4 Å². The Kier molecular flexibility index (Phi) is 6.43. The van der Waals surface area contributed by atoms with Crippen LogP contribution in [-0.4, -0.2) is 64.5 Å². The lowest BCUT2D eigenvalue weighted by molar-refractivity contribution is 0.0332. The van der Waals surface area contributed by atoms with Crippen molar-refractivity contribution in [3.8, 4) is 22.4 Å². The van der Waals surface area contributed by atoms with E-state index in [2.05, 4.69) is 20.5 Å². The van der Waals surface area contributed by atoms with Crippen molar-refractivity contribution >= 4 is 11.0 Å². The van der Waals surface area contributed by atoms with E-state index in [4.69, 9.17) is 9.72 Å². The molecule has 2 aromatic heterocycles. The largest absolute Gasteiger partial charge is 0.379 e. The first-order valence-electron chi connectivity index (χ1n) is 12.5. The van der Waals surface area contributed by atoms with Crippen LogP contribution < -0.4 is 5.32 Å². The van der Waals surface area contributed by atoms with E-state index >= 15 is 8.78 Å². The van der Waals surface area contributed by atoms with Crippen LogP contribution >= 0.6 is 0 Å². The lowest BCUT2D eigenvalue weighted by atomic mass is 9.91. The molecule has 2 fully saturated rings. The fraction of sp³-hybridized carbons (Fsp3) is 0.370. The second-order valence-corrected chi connectivity index (χ2v) is 9.44. The van der Waals surface area contributed by atoms with Gasteiger partial charge in [-0.05, 0) is 49.7 Å². The molecule has 186 valence electrons. The molecule has 2 saturated heterocycles. The van der Waals surface area contributed by atoms with E-state index in [0.29, 0.717) is 60.1 Å². The van der Waals surface area contributed by atoms with Gasteiger partial charge in [0.25, 0.3) is 0 Å². The third-order valence-electron chi connectivity index (χ3n) is 7.18. The average Bonchev–Trinajstić information content (AvgIpc) is 3.41. The zero-order valence-corrected chi connectivity index (χ0v) is 19.9. The van der Waals surface area contributed by atoms with Gasteiger partial charge in [0.2, 0.25) is 0 Å². The molecule has 0 aliphatic carbocycles. The van der Waals surface area contributed by atoms with Crippen LogP contribution in [0, 0.1) is 11.6 Å². The fourth-order valence-electron chi connectivity index (χ4n) is 5.20. The molecule has 6 rings (SSSR count). The van der Waals surface area contributed by atoms with Crippen molar-refractivity contribution in [2.45, 2.75) is 25.3 Å². The van der Waals surface area contributed by atoms with E-state index < -0.39 is 11.6 Å². The molecular weight excluding hydrogens is 462 g/mol. The molecular formula is C27H28F2N6O. The molecule has 0 saturated carbocycles. The van der Waals surface area contributed by atoms with Gasteiger partial charge in [-0.1, -0.05) is 12.1 Å². The van der Waals surface area contributed by atoms with E-state index in [9.17, 15) is 0 Å². The van der Waals surface area contributed by atoms with Gasteiger partial charge < -0.3 is 10.1 Å². The molecule has 36 heavy (non-hydrogen) atoms. The summed E-state index contributed by atoms with van der Waals surface area (Å²) in [6.45, 7) is 4.63. The van der Waals surface area contributed by atoms with Crippen LogP contribution in [-0.2, 0) is 11.3 Å². The van der Waals surface area contributed by atoms with Crippen molar-refractivity contribution in [2.24, 2.45) is 0 Å². The molecule has 4 heterocycles. The molecule has 2 aromatic carbocycles. The summed E-state index contributed by atoms with van der Waals surface area (Å²) in [4.78, 5) is 11.6. The number of nitrogens with one attached hydrogen (secondary N) is 2. The number of piperidine rings is 1. The van der Waals surface area contributed by atoms with E-state index in [-0.39, 0.29) is 12.1 Å². The van der Waals surface area contributed by atoms with Crippen molar-refractivity contribution in [1.29, 1.82) is 0 Å². The summed E-state index contributed by atoms with van der Waals surface area (Å²) in [6, 6.07) is 8.33. The van der Waals surface area contributed by atoms with Gasteiger partial charge in [-0.15, -0.1) is 0 Å². The Morgan fingerprint density at radius 3 is 2.58 bits per heavy atom. The molecule has 0 unspecified atom stereocenters. The first-order valence-corrected chi connectivity index (χ1v) is 12.5. The normalized spacial score (nSPS) is 17.6. The number of hydrogen-bond acceptors (Lipinski definition) is 6. The summed E-state index contributed by atoms with van der Waals surface area (Å²) >= 11 is 0. The highest BCUT2D eigenvalue weighted by atomic mass is 19.1. The van der Waals surface area contributed by atoms with Gasteiger partial charge in [0.15, 0.2) is 0 Å². The van der Waals surface area contributed by atoms with Gasteiger partial charge >= 0.3 is 0 Å². The number of fused-ring (bicyclic) bond motifs is 1. The smallest absolute Gasteiger partial charge is 0.131 e. The quantitative estimate of drug-likeness (QED) is 0.435. The number of halogens is 2. The topological polar surface area (TPSA) is 79.0 Å². The van der Waals surface area contributed by atoms with Gasteiger partial charge in [-0.3, -0.25) is 15.0 Å². The number of nitrogens with zero attached hydrogens (tertiary/aromatic N) is 4. The minimum atomic E-state index is -0.555. The number of hydrogen-bond donors (Lipinski definition) is 2. The average molecular weight is 491 g/mol. The number of aromatic amines is 1. The second-order valence-electron chi connectivity index (χ2n) is 9.44. The maximum absolute atomic E-state index is 15.2. The van der Waals surface area contributed by atoms with Gasteiger partial charge in [0, 0.05) is 48.4 Å². The third-order valence-corrected chi connectivity index (χ3v) is 7.18. The molecule has 9 heteroatoms. The standard InChI is InChI=1S/C27H28F2N6O/c28-22-12-18(13-23(29)21(22)16-35-8-10-36-11-9-35)19-2-1-3-24-27(19)33-25(15-31-24)20-14-32-34-26(20)17-4-6-30-7-5-17/h1-3,12-15,17,30H,4-11,16H2,(H,32,34). The minimum absolute atomic E-state index is 0.0812. The number of benzene rings is 2. The Bertz CT molecular complexity index is 1350. The lowest BCUT2D eigenvalue weighted by Gasteiger charge is -2.27. The van der Waals surface area contributed by atoms with Crippen LogP contribution in [0.2, 0.25) is 0 Å². The summed E-state index contributed by atoms with van der Waals surface area (Å²) in [5, 5.41) is 10.9. The molecule has 0 spiro atoms. The lowest BCUT2D eigenvalue weighted by Crippen LogP contribution is -2.36. The van der Waals surface area contributed by atoms with Crippen LogP contribution in [0.4, 0.5) is 8.78 Å². The number of ether oxygens (including phenoxy) is 1. The molecule has 7 nitrogen and oxygen atoms in total. The second kappa shape index (κ2) is 10.0. The molecule has 2 N–H and O–H groups in total. The van der Waals surface area contributed by atoms with Crippen molar-refractivity contribution in [1.82, 2.24) is 30.4 Å². The van der Waals surface area contributed by atoms with Gasteiger partial charge in [0.05, 0.1) is 41.8 Å². The highest BCUT2D eigenvalue weighted by Crippen LogP contribution is 2.34. The first-order chi connectivity index (χ1) is 17.7. The van der Waals surface area contributed by atoms with Gasteiger partial charge in [-0.2, -0.15) is 5.10 Å². The van der Waals surface area contributed by atoms with E-state index in [0.717, 1.165) is 37.2 Å². The van der Waals surface area contributed by atoms with Crippen LogP contribution in [0.3, 0.4) is 0 Å². The Morgan fingerprint density at radius 2 is 1.81 bits per heavy atom. The Labute approximate surface area is 207 Å². The number of aromatic nitrogens is 4. The molecule has 0 amide bonds. The van der Waals surface area contributed by atoms with Crippen molar-refractivity contribution in [3.63, 3.8) is 0 Å². The fourth-order valence-corrected chi connectivity index (χ4v) is 5.20. The van der Waals surface area contributed by atoms with Crippen LogP contribution in [0.15, 0.2) is 42.7 Å². The summed E-state index contributed by atoms with van der Waals surface area (Å²) in [5.41, 5.74) is 5.05. The highest BCUT2D eigenvalue weighted by molar-refractivity contribution is 5.92. The molecule has 2 aliphatic heterocycles. The summed E-state index contributed by atoms with van der Waals surface area (Å²) in [7, 11) is 0. The van der Waals surface area contributed by atoms with E-state index in [1.807, 2.05) is 29.3 Å². The summed E-state index contributed by atoms with van der Waals surface area (Å²) in [6.07, 6.45) is 5.63. The minimum Gasteiger partial charge on any atom is -0.379 e. The number of para-hydroxylation sites is 1. The van der Waals surface area contributed by atoms with Crippen LogP contribution in [0.5, 0.6) is 0 Å². The van der Waals surface area contributed by atoms with Crippen molar-refractivity contribution in [3.05, 3.63) is 65.6 Å². The Hall–Kier alpha value is -3.27. The number of rotatable bonds is 5. The predicted octanol–water partition coefficient (Wildman–Crippen LogP) is 4.26. The molecule has 0 radical (unpaired) electrons. The summed E-state index contributed by atoms with van der Waals surface area (Å²) in [5.74, 6) is -0.760. The zero-order chi connectivity index (χ0) is 24.5. The van der Waals surface area contributed by atoms with Crippen LogP contribution in [0.1, 0.15) is 30.0 Å². The maximum atomic E-state index is 15.2. The maximum Gasteiger partial charge on any atom is 0.131 e. The first kappa shape index (κ1) is 23.1. The Morgan fingerprint density at radius 1 is 1.03 bits per heavy atom. The van der Waals surface area contributed by atoms with E-state index in [1.165, 1.54) is 12.1 Å². The Balaban J connectivity index is 1.37. The predicted molar refractivity (Wildman–Crippen MR) is 133 cm³/mol. The number of morpholine rings is 1. The number of H-pyrrole nitrogens is 1. The third kappa shape index (κ3) is 4.50. The summed E-state index contributed by atoms with van der Waals surface area (Å²) < 4.78 is 35.7.